The third kappa shape index (κ3) is 4.36. The normalized spacial score (nSPS) is 17.7. The lowest BCUT2D eigenvalue weighted by atomic mass is 10.1. The van der Waals surface area contributed by atoms with Crippen LogP contribution < -0.4 is 5.32 Å². The Bertz CT molecular complexity index is 645. The van der Waals surface area contributed by atoms with Crippen LogP contribution in [0.4, 0.5) is 4.39 Å². The maximum absolute atomic E-state index is 12.9. The second-order valence-electron chi connectivity index (χ2n) is 5.82. The van der Waals surface area contributed by atoms with Crippen molar-refractivity contribution in [2.75, 3.05) is 13.1 Å². The third-order valence-electron chi connectivity index (χ3n) is 4.10. The summed E-state index contributed by atoms with van der Waals surface area (Å²) in [5.41, 5.74) is 2.02. The van der Waals surface area contributed by atoms with Gasteiger partial charge in [-0.15, -0.1) is 0 Å². The highest BCUT2D eigenvalue weighted by atomic mass is 19.1. The van der Waals surface area contributed by atoms with E-state index in [0.717, 1.165) is 17.7 Å². The second-order valence-corrected chi connectivity index (χ2v) is 5.82. The van der Waals surface area contributed by atoms with Crippen molar-refractivity contribution in [3.8, 4) is 0 Å². The Balaban J connectivity index is 1.46. The van der Waals surface area contributed by atoms with Gasteiger partial charge in [0.05, 0.1) is 5.69 Å². The standard InChI is InChI=1S/C18H20FN3O/c19-15-6-4-14(5-7-15)8-10-22-13-17(11-18(22)23)21-12-16-3-1-2-9-20-16/h1-7,9,17,21H,8,10-13H2. The first-order chi connectivity index (χ1) is 11.2. The average Bonchev–Trinajstić information content (AvgIpc) is 2.93. The Morgan fingerprint density at radius 2 is 2.04 bits per heavy atom. The largest absolute Gasteiger partial charge is 0.341 e. The van der Waals surface area contributed by atoms with Crippen LogP contribution in [0.25, 0.3) is 0 Å². The molecule has 0 radical (unpaired) electrons. The molecular weight excluding hydrogens is 293 g/mol. The molecule has 1 aromatic heterocycles. The molecule has 5 heteroatoms. The number of amides is 1. The summed E-state index contributed by atoms with van der Waals surface area (Å²) in [5.74, 6) is -0.0598. The quantitative estimate of drug-likeness (QED) is 0.889. The minimum absolute atomic E-state index is 0.165. The Kier molecular flexibility index (Phi) is 4.98. The lowest BCUT2D eigenvalue weighted by Crippen LogP contribution is -2.33. The summed E-state index contributed by atoms with van der Waals surface area (Å²) >= 11 is 0. The molecule has 1 unspecified atom stereocenters. The number of rotatable bonds is 6. The van der Waals surface area contributed by atoms with Crippen LogP contribution >= 0.6 is 0 Å². The van der Waals surface area contributed by atoms with Gasteiger partial charge in [-0.1, -0.05) is 18.2 Å². The Hall–Kier alpha value is -2.27. The van der Waals surface area contributed by atoms with E-state index in [1.54, 1.807) is 18.3 Å². The Morgan fingerprint density at radius 1 is 1.22 bits per heavy atom. The lowest BCUT2D eigenvalue weighted by molar-refractivity contribution is -0.127. The number of nitrogens with one attached hydrogen (secondary N) is 1. The molecule has 1 aromatic carbocycles. The zero-order valence-corrected chi connectivity index (χ0v) is 12.9. The first kappa shape index (κ1) is 15.6. The molecule has 2 heterocycles. The van der Waals surface area contributed by atoms with Gasteiger partial charge in [-0.25, -0.2) is 4.39 Å². The molecule has 0 aliphatic carbocycles. The van der Waals surface area contributed by atoms with E-state index in [4.69, 9.17) is 0 Å². The van der Waals surface area contributed by atoms with Gasteiger partial charge >= 0.3 is 0 Å². The minimum Gasteiger partial charge on any atom is -0.341 e. The number of halogens is 1. The predicted octanol–water partition coefficient (Wildman–Crippen LogP) is 2.15. The van der Waals surface area contributed by atoms with Gasteiger partial charge < -0.3 is 10.2 Å². The minimum atomic E-state index is -0.232. The molecule has 23 heavy (non-hydrogen) atoms. The van der Waals surface area contributed by atoms with Crippen LogP contribution in [0.15, 0.2) is 48.7 Å². The number of hydrogen-bond donors (Lipinski definition) is 1. The van der Waals surface area contributed by atoms with Crippen molar-refractivity contribution in [1.82, 2.24) is 15.2 Å². The number of pyridine rings is 1. The topological polar surface area (TPSA) is 45.2 Å². The maximum atomic E-state index is 12.9. The average molecular weight is 313 g/mol. The highest BCUT2D eigenvalue weighted by Gasteiger charge is 2.28. The van der Waals surface area contributed by atoms with E-state index in [0.29, 0.717) is 26.1 Å². The Morgan fingerprint density at radius 3 is 2.78 bits per heavy atom. The van der Waals surface area contributed by atoms with Crippen LogP contribution in [0.1, 0.15) is 17.7 Å². The van der Waals surface area contributed by atoms with Crippen LogP contribution in [-0.4, -0.2) is 34.9 Å². The number of benzene rings is 1. The molecule has 1 amide bonds. The second kappa shape index (κ2) is 7.33. The fourth-order valence-electron chi connectivity index (χ4n) is 2.79. The molecular formula is C18H20FN3O. The van der Waals surface area contributed by atoms with Crippen molar-refractivity contribution >= 4 is 5.91 Å². The van der Waals surface area contributed by atoms with Gasteiger partial charge in [0.1, 0.15) is 5.82 Å². The van der Waals surface area contributed by atoms with Crippen LogP contribution in [0.2, 0.25) is 0 Å². The molecule has 1 aliphatic rings. The molecule has 3 rings (SSSR count). The van der Waals surface area contributed by atoms with Crippen molar-refractivity contribution in [1.29, 1.82) is 0 Å². The monoisotopic (exact) mass is 313 g/mol. The maximum Gasteiger partial charge on any atom is 0.224 e. The molecule has 1 N–H and O–H groups in total. The van der Waals surface area contributed by atoms with Crippen LogP contribution in [0.5, 0.6) is 0 Å². The van der Waals surface area contributed by atoms with Crippen molar-refractivity contribution in [2.45, 2.75) is 25.4 Å². The smallest absolute Gasteiger partial charge is 0.224 e. The summed E-state index contributed by atoms with van der Waals surface area (Å²) in [6.45, 7) is 2.06. The van der Waals surface area contributed by atoms with Gasteiger partial charge in [-0.3, -0.25) is 9.78 Å². The molecule has 2 aromatic rings. The van der Waals surface area contributed by atoms with Crippen LogP contribution in [-0.2, 0) is 17.8 Å². The van der Waals surface area contributed by atoms with Gasteiger partial charge in [0.25, 0.3) is 0 Å². The lowest BCUT2D eigenvalue weighted by Gasteiger charge is -2.17. The zero-order chi connectivity index (χ0) is 16.1. The van der Waals surface area contributed by atoms with Crippen LogP contribution in [0.3, 0.4) is 0 Å². The molecule has 0 bridgehead atoms. The van der Waals surface area contributed by atoms with E-state index in [-0.39, 0.29) is 17.8 Å². The molecule has 4 nitrogen and oxygen atoms in total. The van der Waals surface area contributed by atoms with Gasteiger partial charge in [-0.05, 0) is 36.2 Å². The van der Waals surface area contributed by atoms with Gasteiger partial charge in [0.15, 0.2) is 0 Å². The molecule has 120 valence electrons. The van der Waals surface area contributed by atoms with Gasteiger partial charge in [0, 0.05) is 38.3 Å². The van der Waals surface area contributed by atoms with Crippen molar-refractivity contribution in [3.63, 3.8) is 0 Å². The van der Waals surface area contributed by atoms with Crippen molar-refractivity contribution in [2.24, 2.45) is 0 Å². The molecule has 1 saturated heterocycles. The SMILES string of the molecule is O=C1CC(NCc2ccccn2)CN1CCc1ccc(F)cc1. The van der Waals surface area contributed by atoms with Crippen LogP contribution in [0, 0.1) is 5.82 Å². The van der Waals surface area contributed by atoms with Gasteiger partial charge in [0.2, 0.25) is 5.91 Å². The molecule has 0 spiro atoms. The highest BCUT2D eigenvalue weighted by Crippen LogP contribution is 2.13. The van der Waals surface area contributed by atoms with Crippen molar-refractivity contribution in [3.05, 3.63) is 65.7 Å². The number of carbonyl (C=O) groups is 1. The van der Waals surface area contributed by atoms with E-state index >= 15 is 0 Å². The summed E-state index contributed by atoms with van der Waals surface area (Å²) in [7, 11) is 0. The number of hydrogen-bond acceptors (Lipinski definition) is 3. The van der Waals surface area contributed by atoms with E-state index in [9.17, 15) is 9.18 Å². The van der Waals surface area contributed by atoms with Gasteiger partial charge in [-0.2, -0.15) is 0 Å². The highest BCUT2D eigenvalue weighted by molar-refractivity contribution is 5.79. The summed E-state index contributed by atoms with van der Waals surface area (Å²) in [6.07, 6.45) is 3.04. The third-order valence-corrected chi connectivity index (χ3v) is 4.10. The molecule has 1 fully saturated rings. The number of aromatic nitrogens is 1. The predicted molar refractivity (Wildman–Crippen MR) is 86.2 cm³/mol. The van der Waals surface area contributed by atoms with Crippen molar-refractivity contribution < 1.29 is 9.18 Å². The summed E-state index contributed by atoms with van der Waals surface area (Å²) in [5, 5.41) is 3.39. The van der Waals surface area contributed by atoms with E-state index in [2.05, 4.69) is 10.3 Å². The molecule has 1 atom stereocenters. The zero-order valence-electron chi connectivity index (χ0n) is 12.9. The Labute approximate surface area is 135 Å². The molecule has 1 aliphatic heterocycles. The first-order valence-electron chi connectivity index (χ1n) is 7.86. The van der Waals surface area contributed by atoms with E-state index < -0.39 is 0 Å². The first-order valence-corrected chi connectivity index (χ1v) is 7.86. The number of carbonyl (C=O) groups excluding carboxylic acids is 1. The molecule has 0 saturated carbocycles. The fraction of sp³-hybridized carbons (Fsp3) is 0.333. The van der Waals surface area contributed by atoms with E-state index in [1.165, 1.54) is 12.1 Å². The van der Waals surface area contributed by atoms with E-state index in [1.807, 2.05) is 23.1 Å². The fourth-order valence-corrected chi connectivity index (χ4v) is 2.79. The summed E-state index contributed by atoms with van der Waals surface area (Å²) in [4.78, 5) is 18.2. The summed E-state index contributed by atoms with van der Waals surface area (Å²) < 4.78 is 12.9. The number of nitrogens with zero attached hydrogens (tertiary/aromatic N) is 2. The summed E-state index contributed by atoms with van der Waals surface area (Å²) in [6, 6.07) is 12.4. The number of likely N-dealkylation sites (tertiary alicyclic amines) is 1.